The van der Waals surface area contributed by atoms with Gasteiger partial charge in [-0.3, -0.25) is 4.79 Å². The fraction of sp³-hybridized carbons (Fsp3) is 0.917. The first-order valence-corrected chi connectivity index (χ1v) is 6.36. The molecule has 0 saturated heterocycles. The fourth-order valence-corrected chi connectivity index (χ4v) is 2.18. The van der Waals surface area contributed by atoms with Gasteiger partial charge in [0.15, 0.2) is 0 Å². The Morgan fingerprint density at radius 3 is 2.88 bits per heavy atom. The van der Waals surface area contributed by atoms with Crippen LogP contribution < -0.4 is 11.1 Å². The van der Waals surface area contributed by atoms with Gasteiger partial charge in [-0.05, 0) is 19.8 Å². The van der Waals surface area contributed by atoms with E-state index in [1.807, 2.05) is 6.92 Å². The smallest absolute Gasteiger partial charge is 0.224 e. The molecule has 1 saturated carbocycles. The van der Waals surface area contributed by atoms with Crippen LogP contribution in [-0.4, -0.2) is 31.7 Å². The van der Waals surface area contributed by atoms with Crippen LogP contribution in [0.15, 0.2) is 0 Å². The molecule has 3 N–H and O–H groups in total. The van der Waals surface area contributed by atoms with Gasteiger partial charge in [0, 0.05) is 19.2 Å². The van der Waals surface area contributed by atoms with Crippen LogP contribution in [-0.2, 0) is 9.53 Å². The van der Waals surface area contributed by atoms with Crippen LogP contribution in [0.4, 0.5) is 0 Å². The second-order valence-electron chi connectivity index (χ2n) is 4.40. The number of amides is 1. The topological polar surface area (TPSA) is 64.3 Å². The Bertz CT molecular complexity index is 209. The number of rotatable bonds is 5. The van der Waals surface area contributed by atoms with E-state index in [4.69, 9.17) is 10.5 Å². The fourth-order valence-electron chi connectivity index (χ4n) is 2.18. The van der Waals surface area contributed by atoms with E-state index < -0.39 is 0 Å². The van der Waals surface area contributed by atoms with Crippen molar-refractivity contribution in [2.24, 2.45) is 11.7 Å². The average Bonchev–Trinajstić information content (AvgIpc) is 2.49. The maximum atomic E-state index is 11.9. The molecule has 1 aliphatic rings. The van der Waals surface area contributed by atoms with Crippen LogP contribution in [0.5, 0.6) is 0 Å². The van der Waals surface area contributed by atoms with Crippen molar-refractivity contribution in [3.8, 4) is 0 Å². The minimum absolute atomic E-state index is 0.00382. The number of carbonyl (C=O) groups is 1. The van der Waals surface area contributed by atoms with E-state index in [1.165, 1.54) is 6.42 Å². The number of hydrogen-bond acceptors (Lipinski definition) is 3. The average molecular weight is 228 g/mol. The van der Waals surface area contributed by atoms with Crippen LogP contribution in [0.25, 0.3) is 0 Å². The van der Waals surface area contributed by atoms with Crippen LogP contribution in [0.2, 0.25) is 0 Å². The molecular formula is C12H24N2O2. The summed E-state index contributed by atoms with van der Waals surface area (Å²) in [5, 5.41) is 2.90. The molecule has 1 amide bonds. The summed E-state index contributed by atoms with van der Waals surface area (Å²) in [4.78, 5) is 11.9. The highest BCUT2D eigenvalue weighted by molar-refractivity contribution is 5.79. The van der Waals surface area contributed by atoms with Crippen molar-refractivity contribution in [1.82, 2.24) is 5.32 Å². The summed E-state index contributed by atoms with van der Waals surface area (Å²) in [7, 11) is 0. The molecule has 0 aromatic carbocycles. The van der Waals surface area contributed by atoms with Crippen molar-refractivity contribution < 1.29 is 9.53 Å². The van der Waals surface area contributed by atoms with Crippen LogP contribution in [0, 0.1) is 5.92 Å². The molecule has 0 spiro atoms. The van der Waals surface area contributed by atoms with Gasteiger partial charge in [0.25, 0.3) is 0 Å². The monoisotopic (exact) mass is 228 g/mol. The van der Waals surface area contributed by atoms with E-state index in [-0.39, 0.29) is 17.9 Å². The molecular weight excluding hydrogens is 204 g/mol. The Balaban J connectivity index is 2.27. The Morgan fingerprint density at radius 2 is 2.12 bits per heavy atom. The number of hydrogen-bond donors (Lipinski definition) is 2. The molecule has 1 rings (SSSR count). The third-order valence-corrected chi connectivity index (χ3v) is 3.16. The predicted molar refractivity (Wildman–Crippen MR) is 64.1 cm³/mol. The second kappa shape index (κ2) is 7.63. The molecule has 0 aromatic rings. The molecule has 2 unspecified atom stereocenters. The van der Waals surface area contributed by atoms with Crippen molar-refractivity contribution in [2.45, 2.75) is 45.1 Å². The van der Waals surface area contributed by atoms with E-state index in [0.717, 1.165) is 25.7 Å². The molecule has 4 heteroatoms. The van der Waals surface area contributed by atoms with Gasteiger partial charge in [0.05, 0.1) is 12.5 Å². The van der Waals surface area contributed by atoms with Gasteiger partial charge in [0.1, 0.15) is 0 Å². The van der Waals surface area contributed by atoms with Gasteiger partial charge in [-0.15, -0.1) is 0 Å². The van der Waals surface area contributed by atoms with Gasteiger partial charge in [-0.1, -0.05) is 19.3 Å². The first-order chi connectivity index (χ1) is 7.75. The van der Waals surface area contributed by atoms with Crippen molar-refractivity contribution in [1.29, 1.82) is 0 Å². The molecule has 4 nitrogen and oxygen atoms in total. The highest BCUT2D eigenvalue weighted by atomic mass is 16.5. The van der Waals surface area contributed by atoms with E-state index in [0.29, 0.717) is 19.8 Å². The lowest BCUT2D eigenvalue weighted by Gasteiger charge is -2.20. The van der Waals surface area contributed by atoms with Crippen molar-refractivity contribution in [2.75, 3.05) is 19.8 Å². The van der Waals surface area contributed by atoms with Crippen LogP contribution in [0.1, 0.15) is 39.0 Å². The molecule has 0 heterocycles. The van der Waals surface area contributed by atoms with Crippen molar-refractivity contribution in [3.63, 3.8) is 0 Å². The summed E-state index contributed by atoms with van der Waals surface area (Å²) in [5.74, 6) is 0.109. The highest BCUT2D eigenvalue weighted by Gasteiger charge is 2.26. The SMILES string of the molecule is CCOCCNC(=O)C1CCCCCC1N. The summed E-state index contributed by atoms with van der Waals surface area (Å²) in [6.45, 7) is 3.82. The van der Waals surface area contributed by atoms with E-state index in [2.05, 4.69) is 5.32 Å². The Kier molecular flexibility index (Phi) is 6.42. The number of nitrogens with two attached hydrogens (primary N) is 1. The third-order valence-electron chi connectivity index (χ3n) is 3.16. The summed E-state index contributed by atoms with van der Waals surface area (Å²) in [5.41, 5.74) is 6.02. The van der Waals surface area contributed by atoms with E-state index >= 15 is 0 Å². The molecule has 94 valence electrons. The largest absolute Gasteiger partial charge is 0.380 e. The van der Waals surface area contributed by atoms with Gasteiger partial charge >= 0.3 is 0 Å². The van der Waals surface area contributed by atoms with Crippen LogP contribution in [0.3, 0.4) is 0 Å². The van der Waals surface area contributed by atoms with Crippen molar-refractivity contribution >= 4 is 5.91 Å². The molecule has 2 atom stereocenters. The predicted octanol–water partition coefficient (Wildman–Crippen LogP) is 1.05. The molecule has 0 aliphatic heterocycles. The first kappa shape index (κ1) is 13.5. The molecule has 0 bridgehead atoms. The molecule has 16 heavy (non-hydrogen) atoms. The first-order valence-electron chi connectivity index (χ1n) is 6.36. The van der Waals surface area contributed by atoms with Gasteiger partial charge < -0.3 is 15.8 Å². The van der Waals surface area contributed by atoms with E-state index in [1.54, 1.807) is 0 Å². The molecule has 0 radical (unpaired) electrons. The Hall–Kier alpha value is -0.610. The maximum Gasteiger partial charge on any atom is 0.224 e. The van der Waals surface area contributed by atoms with Gasteiger partial charge in [-0.2, -0.15) is 0 Å². The third kappa shape index (κ3) is 4.49. The van der Waals surface area contributed by atoms with E-state index in [9.17, 15) is 4.79 Å². The lowest BCUT2D eigenvalue weighted by Crippen LogP contribution is -2.42. The molecule has 0 aromatic heterocycles. The maximum absolute atomic E-state index is 11.9. The van der Waals surface area contributed by atoms with Crippen molar-refractivity contribution in [3.05, 3.63) is 0 Å². The zero-order chi connectivity index (χ0) is 11.8. The normalized spacial score (nSPS) is 26.1. The number of carbonyl (C=O) groups excluding carboxylic acids is 1. The summed E-state index contributed by atoms with van der Waals surface area (Å²) < 4.78 is 5.18. The Labute approximate surface area is 97.9 Å². The second-order valence-corrected chi connectivity index (χ2v) is 4.40. The lowest BCUT2D eigenvalue weighted by atomic mass is 9.95. The zero-order valence-electron chi connectivity index (χ0n) is 10.2. The highest BCUT2D eigenvalue weighted by Crippen LogP contribution is 2.22. The quantitative estimate of drug-likeness (QED) is 0.546. The minimum atomic E-state index is 0.00382. The van der Waals surface area contributed by atoms with Gasteiger partial charge in [-0.25, -0.2) is 0 Å². The lowest BCUT2D eigenvalue weighted by molar-refractivity contribution is -0.126. The summed E-state index contributed by atoms with van der Waals surface area (Å²) in [6.07, 6.45) is 5.39. The minimum Gasteiger partial charge on any atom is -0.380 e. The van der Waals surface area contributed by atoms with Gasteiger partial charge in [0.2, 0.25) is 5.91 Å². The Morgan fingerprint density at radius 1 is 1.38 bits per heavy atom. The molecule has 1 fully saturated rings. The number of ether oxygens (including phenoxy) is 1. The van der Waals surface area contributed by atoms with Crippen LogP contribution >= 0.6 is 0 Å². The zero-order valence-corrected chi connectivity index (χ0v) is 10.2. The summed E-state index contributed by atoms with van der Waals surface area (Å²) >= 11 is 0. The summed E-state index contributed by atoms with van der Waals surface area (Å²) in [6, 6.07) is 0.0367. The molecule has 1 aliphatic carbocycles. The standard InChI is InChI=1S/C12H24N2O2/c1-2-16-9-8-14-12(15)10-6-4-3-5-7-11(10)13/h10-11H,2-9,13H2,1H3,(H,14,15). The number of nitrogens with one attached hydrogen (secondary N) is 1.